The van der Waals surface area contributed by atoms with Gasteiger partial charge in [0.05, 0.1) is 11.4 Å². The maximum Gasteiger partial charge on any atom is 0.0597 e. The lowest BCUT2D eigenvalue weighted by Crippen LogP contribution is -2.21. The quantitative estimate of drug-likeness (QED) is 0.875. The van der Waals surface area contributed by atoms with Crippen LogP contribution in [0.4, 0.5) is 0 Å². The zero-order chi connectivity index (χ0) is 13.0. The van der Waals surface area contributed by atoms with Gasteiger partial charge in [-0.2, -0.15) is 5.10 Å². The highest BCUT2D eigenvalue weighted by Gasteiger charge is 2.05. The molecule has 0 spiro atoms. The first-order valence-electron chi connectivity index (χ1n) is 6.42. The van der Waals surface area contributed by atoms with Crippen LogP contribution in [0.15, 0.2) is 36.4 Å². The molecule has 0 saturated carbocycles. The molecule has 1 heterocycles. The van der Waals surface area contributed by atoms with Crippen molar-refractivity contribution >= 4 is 0 Å². The molecule has 0 aliphatic carbocycles. The molecule has 0 fully saturated rings. The molecule has 18 heavy (non-hydrogen) atoms. The Morgan fingerprint density at radius 1 is 1.28 bits per heavy atom. The third-order valence-corrected chi connectivity index (χ3v) is 3.22. The minimum absolute atomic E-state index is 0.528. The molecule has 1 atom stereocenters. The number of hydrogen-bond donors (Lipinski definition) is 1. The molecular formula is C15H21N3. The normalized spacial score (nSPS) is 12.6. The SMILES string of the molecule is Cc1cc(CNCC(C)c2ccccc2)n(C)n1. The maximum atomic E-state index is 4.34. The van der Waals surface area contributed by atoms with Crippen LogP contribution in [0.5, 0.6) is 0 Å². The van der Waals surface area contributed by atoms with Crippen LogP contribution in [0.25, 0.3) is 0 Å². The standard InChI is InChI=1S/C15H21N3/c1-12(14-7-5-4-6-8-14)10-16-11-15-9-13(2)17-18(15)3/h4-9,12,16H,10-11H2,1-3H3. The predicted octanol–water partition coefficient (Wildman–Crippen LogP) is 2.62. The summed E-state index contributed by atoms with van der Waals surface area (Å²) in [7, 11) is 1.99. The topological polar surface area (TPSA) is 29.9 Å². The molecular weight excluding hydrogens is 222 g/mol. The maximum absolute atomic E-state index is 4.34. The van der Waals surface area contributed by atoms with Crippen LogP contribution in [0.2, 0.25) is 0 Å². The van der Waals surface area contributed by atoms with Gasteiger partial charge in [-0.25, -0.2) is 0 Å². The Bertz CT molecular complexity index is 488. The second-order valence-corrected chi connectivity index (χ2v) is 4.84. The lowest BCUT2D eigenvalue weighted by atomic mass is 10.0. The summed E-state index contributed by atoms with van der Waals surface area (Å²) in [4.78, 5) is 0. The van der Waals surface area contributed by atoms with E-state index < -0.39 is 0 Å². The van der Waals surface area contributed by atoms with E-state index in [1.54, 1.807) is 0 Å². The van der Waals surface area contributed by atoms with Gasteiger partial charge in [0.25, 0.3) is 0 Å². The Labute approximate surface area is 109 Å². The van der Waals surface area contributed by atoms with Crippen molar-refractivity contribution in [1.29, 1.82) is 0 Å². The third-order valence-electron chi connectivity index (χ3n) is 3.22. The van der Waals surface area contributed by atoms with Gasteiger partial charge in [0.2, 0.25) is 0 Å². The summed E-state index contributed by atoms with van der Waals surface area (Å²) < 4.78 is 1.94. The van der Waals surface area contributed by atoms with Crippen molar-refractivity contribution < 1.29 is 0 Å². The van der Waals surface area contributed by atoms with Crippen molar-refractivity contribution in [3.63, 3.8) is 0 Å². The third kappa shape index (κ3) is 3.20. The summed E-state index contributed by atoms with van der Waals surface area (Å²) in [5.41, 5.74) is 3.68. The number of nitrogens with zero attached hydrogens (tertiary/aromatic N) is 2. The average Bonchev–Trinajstić information content (AvgIpc) is 2.69. The fourth-order valence-corrected chi connectivity index (χ4v) is 2.15. The molecule has 0 aliphatic heterocycles. The highest BCUT2D eigenvalue weighted by atomic mass is 15.3. The van der Waals surface area contributed by atoms with Crippen LogP contribution in [0.3, 0.4) is 0 Å². The number of rotatable bonds is 5. The molecule has 0 amide bonds. The number of aryl methyl sites for hydroxylation is 2. The smallest absolute Gasteiger partial charge is 0.0597 e. The minimum Gasteiger partial charge on any atom is -0.311 e. The molecule has 0 aliphatic rings. The molecule has 1 N–H and O–H groups in total. The molecule has 0 saturated heterocycles. The van der Waals surface area contributed by atoms with Gasteiger partial charge in [-0.05, 0) is 24.5 Å². The monoisotopic (exact) mass is 243 g/mol. The van der Waals surface area contributed by atoms with Crippen LogP contribution in [-0.4, -0.2) is 16.3 Å². The summed E-state index contributed by atoms with van der Waals surface area (Å²) in [6.07, 6.45) is 0. The first kappa shape index (κ1) is 12.8. The van der Waals surface area contributed by atoms with Gasteiger partial charge in [0.15, 0.2) is 0 Å². The van der Waals surface area contributed by atoms with Crippen LogP contribution < -0.4 is 5.32 Å². The molecule has 2 rings (SSSR count). The highest BCUT2D eigenvalue weighted by molar-refractivity contribution is 5.19. The van der Waals surface area contributed by atoms with E-state index in [1.165, 1.54) is 11.3 Å². The Morgan fingerprint density at radius 3 is 2.61 bits per heavy atom. The van der Waals surface area contributed by atoms with E-state index in [9.17, 15) is 0 Å². The van der Waals surface area contributed by atoms with Crippen LogP contribution in [-0.2, 0) is 13.6 Å². The van der Waals surface area contributed by atoms with E-state index >= 15 is 0 Å². The van der Waals surface area contributed by atoms with Gasteiger partial charge in [-0.1, -0.05) is 37.3 Å². The molecule has 3 nitrogen and oxygen atoms in total. The first-order chi connectivity index (χ1) is 8.66. The molecule has 0 radical (unpaired) electrons. The predicted molar refractivity (Wildman–Crippen MR) is 74.5 cm³/mol. The summed E-state index contributed by atoms with van der Waals surface area (Å²) in [5.74, 6) is 0.528. The minimum atomic E-state index is 0.528. The lowest BCUT2D eigenvalue weighted by Gasteiger charge is -2.13. The second-order valence-electron chi connectivity index (χ2n) is 4.84. The zero-order valence-electron chi connectivity index (χ0n) is 11.4. The lowest BCUT2D eigenvalue weighted by molar-refractivity contribution is 0.584. The van der Waals surface area contributed by atoms with Gasteiger partial charge < -0.3 is 5.32 Å². The number of hydrogen-bond acceptors (Lipinski definition) is 2. The van der Waals surface area contributed by atoms with Crippen molar-refractivity contribution in [2.24, 2.45) is 7.05 Å². The van der Waals surface area contributed by atoms with Crippen molar-refractivity contribution in [2.45, 2.75) is 26.3 Å². The van der Waals surface area contributed by atoms with E-state index in [0.29, 0.717) is 5.92 Å². The summed E-state index contributed by atoms with van der Waals surface area (Å²) in [6.45, 7) is 6.12. The van der Waals surface area contributed by atoms with Crippen molar-refractivity contribution in [3.05, 3.63) is 53.3 Å². The summed E-state index contributed by atoms with van der Waals surface area (Å²) >= 11 is 0. The Morgan fingerprint density at radius 2 is 2.00 bits per heavy atom. The Kier molecular flexibility index (Phi) is 4.15. The fourth-order valence-electron chi connectivity index (χ4n) is 2.15. The fraction of sp³-hybridized carbons (Fsp3) is 0.400. The van der Waals surface area contributed by atoms with E-state index in [4.69, 9.17) is 0 Å². The van der Waals surface area contributed by atoms with Gasteiger partial charge in [-0.3, -0.25) is 4.68 Å². The molecule has 1 aromatic heterocycles. The zero-order valence-corrected chi connectivity index (χ0v) is 11.4. The van der Waals surface area contributed by atoms with Crippen LogP contribution in [0.1, 0.15) is 29.8 Å². The number of nitrogens with one attached hydrogen (secondary N) is 1. The molecule has 2 aromatic rings. The summed E-state index contributed by atoms with van der Waals surface area (Å²) in [6, 6.07) is 12.7. The van der Waals surface area contributed by atoms with Gasteiger partial charge in [-0.15, -0.1) is 0 Å². The Hall–Kier alpha value is -1.61. The highest BCUT2D eigenvalue weighted by Crippen LogP contribution is 2.13. The van der Waals surface area contributed by atoms with Gasteiger partial charge >= 0.3 is 0 Å². The van der Waals surface area contributed by atoms with Gasteiger partial charge in [0.1, 0.15) is 0 Å². The van der Waals surface area contributed by atoms with Crippen molar-refractivity contribution in [1.82, 2.24) is 15.1 Å². The van der Waals surface area contributed by atoms with Crippen LogP contribution >= 0.6 is 0 Å². The summed E-state index contributed by atoms with van der Waals surface area (Å²) in [5, 5.41) is 7.84. The molecule has 3 heteroatoms. The van der Waals surface area contributed by atoms with Gasteiger partial charge in [0, 0.05) is 20.1 Å². The van der Waals surface area contributed by atoms with Crippen molar-refractivity contribution in [2.75, 3.05) is 6.54 Å². The van der Waals surface area contributed by atoms with Crippen LogP contribution in [0, 0.1) is 6.92 Å². The molecule has 0 bridgehead atoms. The van der Waals surface area contributed by atoms with E-state index in [1.807, 2.05) is 18.7 Å². The molecule has 1 unspecified atom stereocenters. The molecule has 1 aromatic carbocycles. The largest absolute Gasteiger partial charge is 0.311 e. The number of benzene rings is 1. The Balaban J connectivity index is 1.84. The van der Waals surface area contributed by atoms with E-state index in [-0.39, 0.29) is 0 Å². The van der Waals surface area contributed by atoms with E-state index in [2.05, 4.69) is 53.7 Å². The van der Waals surface area contributed by atoms with E-state index in [0.717, 1.165) is 18.8 Å². The van der Waals surface area contributed by atoms with Crippen molar-refractivity contribution in [3.8, 4) is 0 Å². The number of aromatic nitrogens is 2. The average molecular weight is 243 g/mol. The first-order valence-corrected chi connectivity index (χ1v) is 6.42. The second kappa shape index (κ2) is 5.83. The molecule has 96 valence electrons.